The van der Waals surface area contributed by atoms with Gasteiger partial charge in [-0.1, -0.05) is 34.8 Å². The van der Waals surface area contributed by atoms with Crippen LogP contribution in [-0.4, -0.2) is 12.6 Å². The molecule has 0 atom stereocenters. The van der Waals surface area contributed by atoms with E-state index in [0.717, 1.165) is 52.2 Å². The average Bonchev–Trinajstić information content (AvgIpc) is 3.13. The van der Waals surface area contributed by atoms with Gasteiger partial charge >= 0.3 is 5.97 Å². The van der Waals surface area contributed by atoms with Crippen LogP contribution in [0.15, 0.2) is 27.1 Å². The number of benzene rings is 1. The molecule has 118 valence electrons. The van der Waals surface area contributed by atoms with Crippen LogP contribution in [0.25, 0.3) is 11.0 Å². The van der Waals surface area contributed by atoms with E-state index in [-0.39, 0.29) is 5.97 Å². The quantitative estimate of drug-likeness (QED) is 0.478. The molecule has 0 bridgehead atoms. The zero-order valence-electron chi connectivity index (χ0n) is 12.5. The smallest absolute Gasteiger partial charge is 0.319 e. The number of alkyl halides is 1. The van der Waals surface area contributed by atoms with E-state index in [9.17, 15) is 4.79 Å². The Morgan fingerprint density at radius 1 is 1.36 bits per heavy atom. The minimum Gasteiger partial charge on any atom is -0.465 e. The van der Waals surface area contributed by atoms with E-state index in [2.05, 4.69) is 37.9 Å². The van der Waals surface area contributed by atoms with E-state index in [1.165, 1.54) is 5.56 Å². The van der Waals surface area contributed by atoms with Crippen LogP contribution >= 0.6 is 31.9 Å². The Balaban J connectivity index is 2.14. The molecule has 0 radical (unpaired) electrons. The molecule has 1 aromatic heterocycles. The summed E-state index contributed by atoms with van der Waals surface area (Å²) >= 11 is 7.14. The molecule has 0 amide bonds. The van der Waals surface area contributed by atoms with Crippen molar-refractivity contribution in [2.75, 3.05) is 6.61 Å². The standard InChI is InChI=1S/C17H18Br2O3/c1-2-21-16(20)17(7-3-4-8-17)15-14(19)12-9-11(10-18)5-6-13(12)22-15/h5-6,9H,2-4,7-8,10H2,1H3. The highest BCUT2D eigenvalue weighted by Crippen LogP contribution is 2.48. The Bertz CT molecular complexity index is 699. The van der Waals surface area contributed by atoms with Gasteiger partial charge in [0, 0.05) is 10.7 Å². The molecule has 1 aliphatic rings. The van der Waals surface area contributed by atoms with Crippen LogP contribution in [0.1, 0.15) is 43.9 Å². The van der Waals surface area contributed by atoms with Crippen molar-refractivity contribution in [2.45, 2.75) is 43.4 Å². The molecular weight excluding hydrogens is 412 g/mol. The van der Waals surface area contributed by atoms with Crippen LogP contribution in [0.2, 0.25) is 0 Å². The maximum atomic E-state index is 12.6. The fourth-order valence-corrected chi connectivity index (χ4v) is 4.40. The Hall–Kier alpha value is -0.810. The molecule has 5 heteroatoms. The summed E-state index contributed by atoms with van der Waals surface area (Å²) in [7, 11) is 0. The van der Waals surface area contributed by atoms with Gasteiger partial charge in [-0.25, -0.2) is 0 Å². The lowest BCUT2D eigenvalue weighted by Crippen LogP contribution is -2.34. The van der Waals surface area contributed by atoms with Crippen LogP contribution in [0.3, 0.4) is 0 Å². The highest BCUT2D eigenvalue weighted by Gasteiger charge is 2.48. The van der Waals surface area contributed by atoms with Gasteiger partial charge in [0.1, 0.15) is 16.8 Å². The minimum absolute atomic E-state index is 0.159. The second kappa shape index (κ2) is 6.36. The zero-order valence-corrected chi connectivity index (χ0v) is 15.6. The number of rotatable bonds is 4. The summed E-state index contributed by atoms with van der Waals surface area (Å²) in [6.07, 6.45) is 3.62. The van der Waals surface area contributed by atoms with Crippen molar-refractivity contribution in [1.29, 1.82) is 0 Å². The molecule has 0 unspecified atom stereocenters. The number of esters is 1. The number of halogens is 2. The molecular formula is C17H18Br2O3. The fraction of sp³-hybridized carbons (Fsp3) is 0.471. The third kappa shape index (κ3) is 2.52. The number of ether oxygens (including phenoxy) is 1. The Kier molecular flexibility index (Phi) is 4.64. The minimum atomic E-state index is -0.636. The first-order valence-corrected chi connectivity index (χ1v) is 9.48. The van der Waals surface area contributed by atoms with E-state index in [4.69, 9.17) is 9.15 Å². The van der Waals surface area contributed by atoms with E-state index in [1.807, 2.05) is 19.1 Å². The van der Waals surface area contributed by atoms with Gasteiger partial charge in [0.15, 0.2) is 0 Å². The number of carbonyl (C=O) groups excluding carboxylic acids is 1. The topological polar surface area (TPSA) is 39.4 Å². The summed E-state index contributed by atoms with van der Waals surface area (Å²) in [5.74, 6) is 0.568. The Morgan fingerprint density at radius 3 is 2.73 bits per heavy atom. The van der Waals surface area contributed by atoms with Crippen LogP contribution in [-0.2, 0) is 20.3 Å². The predicted octanol–water partition coefficient (Wildman–Crippen LogP) is 5.47. The van der Waals surface area contributed by atoms with Crippen LogP contribution in [0, 0.1) is 0 Å². The van der Waals surface area contributed by atoms with Gasteiger partial charge in [-0.2, -0.15) is 0 Å². The van der Waals surface area contributed by atoms with Gasteiger partial charge in [-0.3, -0.25) is 4.79 Å². The first-order valence-electron chi connectivity index (χ1n) is 7.57. The average molecular weight is 430 g/mol. The van der Waals surface area contributed by atoms with Crippen LogP contribution in [0.4, 0.5) is 0 Å². The number of furan rings is 1. The van der Waals surface area contributed by atoms with Gasteiger partial charge in [-0.15, -0.1) is 0 Å². The molecule has 0 spiro atoms. The predicted molar refractivity (Wildman–Crippen MR) is 93.3 cm³/mol. The maximum Gasteiger partial charge on any atom is 0.319 e. The number of hydrogen-bond donors (Lipinski definition) is 0. The van der Waals surface area contributed by atoms with Crippen molar-refractivity contribution >= 4 is 48.8 Å². The summed E-state index contributed by atoms with van der Waals surface area (Å²) in [5, 5.41) is 1.81. The van der Waals surface area contributed by atoms with E-state index in [1.54, 1.807) is 0 Å². The second-order valence-electron chi connectivity index (χ2n) is 5.72. The van der Waals surface area contributed by atoms with Crippen molar-refractivity contribution < 1.29 is 13.9 Å². The second-order valence-corrected chi connectivity index (χ2v) is 7.07. The molecule has 3 nitrogen and oxygen atoms in total. The van der Waals surface area contributed by atoms with Gasteiger partial charge in [-0.05, 0) is 53.4 Å². The van der Waals surface area contributed by atoms with Gasteiger partial charge in [0.05, 0.1) is 11.1 Å². The summed E-state index contributed by atoms with van der Waals surface area (Å²) in [4.78, 5) is 12.6. The summed E-state index contributed by atoms with van der Waals surface area (Å²) in [6, 6.07) is 6.09. The molecule has 2 aromatic rings. The molecule has 3 rings (SSSR count). The molecule has 0 N–H and O–H groups in total. The highest BCUT2D eigenvalue weighted by molar-refractivity contribution is 9.10. The third-order valence-electron chi connectivity index (χ3n) is 4.40. The largest absolute Gasteiger partial charge is 0.465 e. The molecule has 1 fully saturated rings. The lowest BCUT2D eigenvalue weighted by atomic mass is 9.83. The third-order valence-corrected chi connectivity index (χ3v) is 5.84. The van der Waals surface area contributed by atoms with Crippen molar-refractivity contribution in [2.24, 2.45) is 0 Å². The molecule has 1 heterocycles. The molecule has 22 heavy (non-hydrogen) atoms. The van der Waals surface area contributed by atoms with Crippen molar-refractivity contribution in [3.8, 4) is 0 Å². The zero-order chi connectivity index (χ0) is 15.7. The van der Waals surface area contributed by atoms with E-state index in [0.29, 0.717) is 6.61 Å². The van der Waals surface area contributed by atoms with Crippen molar-refractivity contribution in [3.63, 3.8) is 0 Å². The SMILES string of the molecule is CCOC(=O)C1(c2oc3ccc(CBr)cc3c2Br)CCCC1. The Morgan fingerprint density at radius 2 is 2.09 bits per heavy atom. The number of fused-ring (bicyclic) bond motifs is 1. The van der Waals surface area contributed by atoms with Gasteiger partial charge in [0.2, 0.25) is 0 Å². The van der Waals surface area contributed by atoms with Gasteiger partial charge < -0.3 is 9.15 Å². The molecule has 1 aliphatic carbocycles. The lowest BCUT2D eigenvalue weighted by Gasteiger charge is -2.24. The highest BCUT2D eigenvalue weighted by atomic mass is 79.9. The molecule has 1 saturated carbocycles. The first-order chi connectivity index (χ1) is 10.6. The van der Waals surface area contributed by atoms with E-state index >= 15 is 0 Å². The van der Waals surface area contributed by atoms with Crippen LogP contribution < -0.4 is 0 Å². The Labute approximate surface area is 146 Å². The number of carbonyl (C=O) groups is 1. The molecule has 1 aromatic carbocycles. The lowest BCUT2D eigenvalue weighted by molar-refractivity contribution is -0.150. The van der Waals surface area contributed by atoms with E-state index < -0.39 is 5.41 Å². The number of hydrogen-bond acceptors (Lipinski definition) is 3. The fourth-order valence-electron chi connectivity index (χ4n) is 3.28. The summed E-state index contributed by atoms with van der Waals surface area (Å²) < 4.78 is 12.3. The molecule has 0 aliphatic heterocycles. The van der Waals surface area contributed by atoms with Crippen molar-refractivity contribution in [1.82, 2.24) is 0 Å². The molecule has 0 saturated heterocycles. The first kappa shape index (κ1) is 16.1. The summed E-state index contributed by atoms with van der Waals surface area (Å²) in [6.45, 7) is 2.24. The summed E-state index contributed by atoms with van der Waals surface area (Å²) in [5.41, 5.74) is 1.35. The van der Waals surface area contributed by atoms with Crippen LogP contribution in [0.5, 0.6) is 0 Å². The monoisotopic (exact) mass is 428 g/mol. The van der Waals surface area contributed by atoms with Crippen molar-refractivity contribution in [3.05, 3.63) is 34.0 Å². The van der Waals surface area contributed by atoms with Gasteiger partial charge in [0.25, 0.3) is 0 Å². The maximum absolute atomic E-state index is 12.6. The normalized spacial score (nSPS) is 17.0.